The maximum Gasteiger partial charge on any atom is 0.353 e. The summed E-state index contributed by atoms with van der Waals surface area (Å²) in [5.74, 6) is 1.31. The van der Waals surface area contributed by atoms with Gasteiger partial charge in [0.1, 0.15) is 12.1 Å². The number of anilines is 4. The Labute approximate surface area is 188 Å². The molecule has 0 spiro atoms. The topological polar surface area (TPSA) is 96.7 Å². The maximum absolute atomic E-state index is 11.9. The van der Waals surface area contributed by atoms with E-state index in [4.69, 9.17) is 4.74 Å². The number of ether oxygens (including phenoxy) is 1. The summed E-state index contributed by atoms with van der Waals surface area (Å²) < 4.78 is 6.08. The lowest BCUT2D eigenvalue weighted by atomic mass is 10.2. The quantitative estimate of drug-likeness (QED) is 0.410. The van der Waals surface area contributed by atoms with E-state index in [2.05, 4.69) is 36.1 Å². The van der Waals surface area contributed by atoms with Crippen LogP contribution in [0.25, 0.3) is 0 Å². The Morgan fingerprint density at radius 1 is 1.06 bits per heavy atom. The zero-order chi connectivity index (χ0) is 21.8. The molecule has 9 nitrogen and oxygen atoms in total. The highest BCUT2D eigenvalue weighted by molar-refractivity contribution is 9.10. The van der Waals surface area contributed by atoms with Gasteiger partial charge in [-0.15, -0.1) is 0 Å². The van der Waals surface area contributed by atoms with E-state index >= 15 is 0 Å². The molecule has 10 heteroatoms. The van der Waals surface area contributed by atoms with Crippen molar-refractivity contribution in [3.63, 3.8) is 0 Å². The molecular weight excluding hydrogens is 464 g/mol. The molecule has 1 fully saturated rings. The molecule has 2 aromatic carbocycles. The fraction of sp³-hybridized carbons (Fsp3) is 0.238. The van der Waals surface area contributed by atoms with Crippen molar-refractivity contribution in [2.45, 2.75) is 0 Å². The number of benzene rings is 2. The third-order valence-corrected chi connectivity index (χ3v) is 5.58. The van der Waals surface area contributed by atoms with E-state index in [1.54, 1.807) is 7.11 Å². The summed E-state index contributed by atoms with van der Waals surface area (Å²) >= 11 is 3.41. The SMILES string of the molecule is COc1ccc(N2CCN(c3ncnc(Nc4cccc(Br)c4)c3[N+](=O)[O-])CC2)cc1. The van der Waals surface area contributed by atoms with Crippen LogP contribution in [0.15, 0.2) is 59.3 Å². The van der Waals surface area contributed by atoms with Gasteiger partial charge in [-0.1, -0.05) is 22.0 Å². The predicted octanol–water partition coefficient (Wildman–Crippen LogP) is 4.23. The number of hydrogen-bond donors (Lipinski definition) is 1. The minimum absolute atomic E-state index is 0.125. The maximum atomic E-state index is 11.9. The van der Waals surface area contributed by atoms with Gasteiger partial charge in [0.2, 0.25) is 11.6 Å². The number of aromatic nitrogens is 2. The van der Waals surface area contributed by atoms with Crippen molar-refractivity contribution in [1.82, 2.24) is 9.97 Å². The van der Waals surface area contributed by atoms with Crippen molar-refractivity contribution in [3.8, 4) is 5.75 Å². The van der Waals surface area contributed by atoms with Crippen LogP contribution in [0.2, 0.25) is 0 Å². The first-order valence-electron chi connectivity index (χ1n) is 9.71. The lowest BCUT2D eigenvalue weighted by Gasteiger charge is -2.36. The van der Waals surface area contributed by atoms with Crippen LogP contribution in [0.1, 0.15) is 0 Å². The zero-order valence-corrected chi connectivity index (χ0v) is 18.4. The van der Waals surface area contributed by atoms with Gasteiger partial charge in [-0.05, 0) is 42.5 Å². The molecule has 2 heterocycles. The first-order valence-corrected chi connectivity index (χ1v) is 10.5. The van der Waals surface area contributed by atoms with Crippen LogP contribution in [0.3, 0.4) is 0 Å². The second-order valence-electron chi connectivity index (χ2n) is 6.96. The van der Waals surface area contributed by atoms with Gasteiger partial charge in [0.05, 0.1) is 12.0 Å². The van der Waals surface area contributed by atoms with Gasteiger partial charge in [-0.3, -0.25) is 10.1 Å². The normalized spacial score (nSPS) is 13.7. The summed E-state index contributed by atoms with van der Waals surface area (Å²) in [7, 11) is 1.64. The fourth-order valence-electron chi connectivity index (χ4n) is 3.53. The van der Waals surface area contributed by atoms with Gasteiger partial charge in [0, 0.05) is 42.0 Å². The molecule has 0 aliphatic carbocycles. The van der Waals surface area contributed by atoms with Crippen molar-refractivity contribution >= 4 is 44.6 Å². The Morgan fingerprint density at radius 2 is 1.77 bits per heavy atom. The molecule has 1 aromatic heterocycles. The molecule has 0 amide bonds. The molecule has 0 bridgehead atoms. The third kappa shape index (κ3) is 4.69. The summed E-state index contributed by atoms with van der Waals surface area (Å²) in [4.78, 5) is 24.1. The Kier molecular flexibility index (Phi) is 6.17. The van der Waals surface area contributed by atoms with Crippen LogP contribution < -0.4 is 19.9 Å². The number of methoxy groups -OCH3 is 1. The van der Waals surface area contributed by atoms with E-state index < -0.39 is 4.92 Å². The van der Waals surface area contributed by atoms with Crippen molar-refractivity contribution in [1.29, 1.82) is 0 Å². The van der Waals surface area contributed by atoms with E-state index in [1.165, 1.54) is 6.33 Å². The van der Waals surface area contributed by atoms with Crippen molar-refractivity contribution in [2.75, 3.05) is 48.4 Å². The second kappa shape index (κ2) is 9.17. The van der Waals surface area contributed by atoms with Crippen LogP contribution in [-0.2, 0) is 0 Å². The molecule has 1 N–H and O–H groups in total. The van der Waals surface area contributed by atoms with E-state index in [0.29, 0.717) is 24.6 Å². The van der Waals surface area contributed by atoms with Crippen LogP contribution >= 0.6 is 15.9 Å². The molecule has 1 saturated heterocycles. The van der Waals surface area contributed by atoms with Crippen molar-refractivity contribution in [2.24, 2.45) is 0 Å². The first-order chi connectivity index (χ1) is 15.0. The number of halogens is 1. The number of nitro groups is 1. The predicted molar refractivity (Wildman–Crippen MR) is 124 cm³/mol. The molecular formula is C21H21BrN6O3. The van der Waals surface area contributed by atoms with Gasteiger partial charge in [-0.25, -0.2) is 9.97 Å². The minimum atomic E-state index is -0.425. The Hall–Kier alpha value is -3.40. The molecule has 0 atom stereocenters. The van der Waals surface area contributed by atoms with Crippen LogP contribution in [-0.4, -0.2) is 48.2 Å². The highest BCUT2D eigenvalue weighted by Crippen LogP contribution is 2.34. The van der Waals surface area contributed by atoms with Gasteiger partial charge >= 0.3 is 5.69 Å². The monoisotopic (exact) mass is 484 g/mol. The van der Waals surface area contributed by atoms with Crippen LogP contribution in [0.4, 0.5) is 28.7 Å². The van der Waals surface area contributed by atoms with Gasteiger partial charge < -0.3 is 19.9 Å². The van der Waals surface area contributed by atoms with Gasteiger partial charge in [-0.2, -0.15) is 0 Å². The van der Waals surface area contributed by atoms with E-state index in [0.717, 1.165) is 29.0 Å². The number of hydrogen-bond acceptors (Lipinski definition) is 8. The molecule has 3 aromatic rings. The molecule has 1 aliphatic heterocycles. The lowest BCUT2D eigenvalue weighted by Crippen LogP contribution is -2.47. The summed E-state index contributed by atoms with van der Waals surface area (Å²) in [6.45, 7) is 2.67. The molecule has 0 saturated carbocycles. The fourth-order valence-corrected chi connectivity index (χ4v) is 3.93. The number of piperazine rings is 1. The second-order valence-corrected chi connectivity index (χ2v) is 7.87. The first kappa shape index (κ1) is 20.9. The summed E-state index contributed by atoms with van der Waals surface area (Å²) in [5, 5.41) is 15.0. The highest BCUT2D eigenvalue weighted by atomic mass is 79.9. The van der Waals surface area contributed by atoms with E-state index in [1.807, 2.05) is 53.4 Å². The molecule has 0 radical (unpaired) electrons. The number of nitrogens with one attached hydrogen (secondary N) is 1. The Morgan fingerprint density at radius 3 is 2.42 bits per heavy atom. The minimum Gasteiger partial charge on any atom is -0.497 e. The van der Waals surface area contributed by atoms with Crippen LogP contribution in [0.5, 0.6) is 5.75 Å². The molecule has 0 unspecified atom stereocenters. The van der Waals surface area contributed by atoms with E-state index in [-0.39, 0.29) is 11.5 Å². The smallest absolute Gasteiger partial charge is 0.353 e. The lowest BCUT2D eigenvalue weighted by molar-refractivity contribution is -0.383. The van der Waals surface area contributed by atoms with Gasteiger partial charge in [0.15, 0.2) is 0 Å². The summed E-state index contributed by atoms with van der Waals surface area (Å²) in [5.41, 5.74) is 1.67. The standard InChI is InChI=1S/C21H21BrN6O3/c1-31-18-7-5-17(6-8-18)26-9-11-27(12-10-26)21-19(28(29)30)20(23-14-24-21)25-16-4-2-3-15(22)13-16/h2-8,13-14H,9-12H2,1H3,(H,23,24,25). The third-order valence-electron chi connectivity index (χ3n) is 5.09. The zero-order valence-electron chi connectivity index (χ0n) is 16.9. The Balaban J connectivity index is 1.53. The summed E-state index contributed by atoms with van der Waals surface area (Å²) in [6, 6.07) is 15.3. The largest absolute Gasteiger partial charge is 0.497 e. The van der Waals surface area contributed by atoms with Gasteiger partial charge in [0.25, 0.3) is 0 Å². The average molecular weight is 485 g/mol. The van der Waals surface area contributed by atoms with Crippen molar-refractivity contribution < 1.29 is 9.66 Å². The van der Waals surface area contributed by atoms with Crippen LogP contribution in [0, 0.1) is 10.1 Å². The molecule has 4 rings (SSSR count). The Bertz CT molecular complexity index is 1070. The van der Waals surface area contributed by atoms with Crippen molar-refractivity contribution in [3.05, 3.63) is 69.4 Å². The molecule has 31 heavy (non-hydrogen) atoms. The number of nitrogens with zero attached hydrogens (tertiary/aromatic N) is 5. The molecule has 160 valence electrons. The van der Waals surface area contributed by atoms with E-state index in [9.17, 15) is 10.1 Å². The summed E-state index contributed by atoms with van der Waals surface area (Å²) in [6.07, 6.45) is 1.36. The molecule has 1 aliphatic rings. The average Bonchev–Trinajstić information content (AvgIpc) is 2.79. The number of rotatable bonds is 6. The highest BCUT2D eigenvalue weighted by Gasteiger charge is 2.29.